The Hall–Kier alpha value is -4.00. The fourth-order valence-electron chi connectivity index (χ4n) is 3.19. The van der Waals surface area contributed by atoms with Crippen LogP contribution in [-0.4, -0.2) is 25.4 Å². The topological polar surface area (TPSA) is 81.9 Å². The second-order valence-electron chi connectivity index (χ2n) is 8.47. The molecular formula is C25H25N5O2. The van der Waals surface area contributed by atoms with E-state index < -0.39 is 0 Å². The molecule has 0 atom stereocenters. The van der Waals surface area contributed by atoms with Crippen LogP contribution < -0.4 is 10.1 Å². The van der Waals surface area contributed by atoms with Gasteiger partial charge in [-0.1, -0.05) is 32.9 Å². The van der Waals surface area contributed by atoms with Crippen LogP contribution >= 0.6 is 0 Å². The first-order valence-corrected chi connectivity index (χ1v) is 10.3. The monoisotopic (exact) mass is 427 g/mol. The number of imidazole rings is 1. The van der Waals surface area contributed by atoms with Gasteiger partial charge < -0.3 is 10.1 Å². The van der Waals surface area contributed by atoms with Crippen molar-refractivity contribution >= 4 is 11.6 Å². The van der Waals surface area contributed by atoms with Crippen LogP contribution in [0.3, 0.4) is 0 Å². The van der Waals surface area contributed by atoms with Gasteiger partial charge in [0.05, 0.1) is 0 Å². The third-order valence-corrected chi connectivity index (χ3v) is 5.05. The molecule has 1 amide bonds. The molecule has 0 radical (unpaired) electrons. The standard InChI is InChI=1S/C25H25N5O2/c1-17-26-13-14-30(17)22-15-23(28-16-27-22)32-21-11-9-20(10-12-21)29-24(31)18-5-7-19(8-6-18)25(2,3)4/h5-16H,1-4H3,(H,29,31). The molecular weight excluding hydrogens is 402 g/mol. The van der Waals surface area contributed by atoms with Crippen molar-refractivity contribution in [2.75, 3.05) is 5.32 Å². The molecule has 0 aliphatic rings. The highest BCUT2D eigenvalue weighted by molar-refractivity contribution is 6.04. The van der Waals surface area contributed by atoms with Gasteiger partial charge >= 0.3 is 0 Å². The lowest BCUT2D eigenvalue weighted by molar-refractivity contribution is 0.102. The Kier molecular flexibility index (Phi) is 5.73. The Morgan fingerprint density at radius 3 is 2.31 bits per heavy atom. The minimum atomic E-state index is -0.157. The number of amides is 1. The number of nitrogens with one attached hydrogen (secondary N) is 1. The Morgan fingerprint density at radius 2 is 1.69 bits per heavy atom. The normalized spacial score (nSPS) is 11.2. The van der Waals surface area contributed by atoms with Crippen LogP contribution in [-0.2, 0) is 5.41 Å². The average molecular weight is 428 g/mol. The first-order chi connectivity index (χ1) is 15.3. The smallest absolute Gasteiger partial charge is 0.255 e. The zero-order chi connectivity index (χ0) is 22.7. The number of aryl methyl sites for hydroxylation is 1. The Bertz CT molecular complexity index is 1220. The molecule has 0 unspecified atom stereocenters. The second kappa shape index (κ2) is 8.63. The van der Waals surface area contributed by atoms with Crippen molar-refractivity contribution in [2.24, 2.45) is 0 Å². The predicted octanol–water partition coefficient (Wildman–Crippen LogP) is 5.31. The highest BCUT2D eigenvalue weighted by Crippen LogP contribution is 2.24. The van der Waals surface area contributed by atoms with Gasteiger partial charge in [-0.2, -0.15) is 0 Å². The van der Waals surface area contributed by atoms with Crippen LogP contribution in [0.5, 0.6) is 11.6 Å². The van der Waals surface area contributed by atoms with Gasteiger partial charge in [0, 0.05) is 29.7 Å². The van der Waals surface area contributed by atoms with Crippen LogP contribution in [0.4, 0.5) is 5.69 Å². The number of nitrogens with zero attached hydrogens (tertiary/aromatic N) is 4. The Morgan fingerprint density at radius 1 is 0.969 bits per heavy atom. The maximum Gasteiger partial charge on any atom is 0.255 e. The molecule has 4 aromatic rings. The fourth-order valence-corrected chi connectivity index (χ4v) is 3.19. The summed E-state index contributed by atoms with van der Waals surface area (Å²) in [6.45, 7) is 8.33. The van der Waals surface area contributed by atoms with Crippen molar-refractivity contribution in [2.45, 2.75) is 33.1 Å². The minimum absolute atomic E-state index is 0.0485. The second-order valence-corrected chi connectivity index (χ2v) is 8.47. The lowest BCUT2D eigenvalue weighted by Crippen LogP contribution is -2.14. The van der Waals surface area contributed by atoms with Crippen molar-refractivity contribution in [1.82, 2.24) is 19.5 Å². The lowest BCUT2D eigenvalue weighted by Gasteiger charge is -2.19. The van der Waals surface area contributed by atoms with E-state index in [2.05, 4.69) is 41.0 Å². The number of ether oxygens (including phenoxy) is 1. The van der Waals surface area contributed by atoms with Gasteiger partial charge in [0.2, 0.25) is 5.88 Å². The van der Waals surface area contributed by atoms with Crippen LogP contribution in [0.25, 0.3) is 5.82 Å². The summed E-state index contributed by atoms with van der Waals surface area (Å²) in [4.78, 5) is 25.2. The average Bonchev–Trinajstić information content (AvgIpc) is 3.21. The number of aromatic nitrogens is 4. The van der Waals surface area contributed by atoms with Crippen LogP contribution in [0.15, 0.2) is 73.3 Å². The highest BCUT2D eigenvalue weighted by atomic mass is 16.5. The molecule has 0 saturated heterocycles. The molecule has 0 bridgehead atoms. The molecule has 1 N–H and O–H groups in total. The molecule has 2 aromatic carbocycles. The number of rotatable bonds is 5. The molecule has 0 aliphatic heterocycles. The molecule has 0 aliphatic carbocycles. The van der Waals surface area contributed by atoms with E-state index >= 15 is 0 Å². The van der Waals surface area contributed by atoms with Gasteiger partial charge in [0.25, 0.3) is 5.91 Å². The lowest BCUT2D eigenvalue weighted by atomic mass is 9.87. The van der Waals surface area contributed by atoms with Crippen molar-refractivity contribution in [3.8, 4) is 17.4 Å². The fraction of sp³-hybridized carbons (Fsp3) is 0.200. The van der Waals surface area contributed by atoms with E-state index in [4.69, 9.17) is 4.74 Å². The number of benzene rings is 2. The first-order valence-electron chi connectivity index (χ1n) is 10.3. The van der Waals surface area contributed by atoms with E-state index in [9.17, 15) is 4.79 Å². The van der Waals surface area contributed by atoms with Crippen molar-refractivity contribution < 1.29 is 9.53 Å². The summed E-state index contributed by atoms with van der Waals surface area (Å²) in [5, 5.41) is 2.91. The number of hydrogen-bond acceptors (Lipinski definition) is 5. The van der Waals surface area contributed by atoms with Crippen LogP contribution in [0.1, 0.15) is 42.5 Å². The maximum absolute atomic E-state index is 12.6. The number of carbonyl (C=O) groups is 1. The zero-order valence-corrected chi connectivity index (χ0v) is 18.5. The van der Waals surface area contributed by atoms with Gasteiger partial charge in [-0.25, -0.2) is 15.0 Å². The molecule has 2 aromatic heterocycles. The molecule has 32 heavy (non-hydrogen) atoms. The molecule has 7 nitrogen and oxygen atoms in total. The van der Waals surface area contributed by atoms with Gasteiger partial charge in [-0.3, -0.25) is 9.36 Å². The van der Waals surface area contributed by atoms with Crippen molar-refractivity contribution in [1.29, 1.82) is 0 Å². The summed E-state index contributed by atoms with van der Waals surface area (Å²) in [5.74, 6) is 2.35. The first kappa shape index (κ1) is 21.2. The van der Waals surface area contributed by atoms with Crippen LogP contribution in [0.2, 0.25) is 0 Å². The minimum Gasteiger partial charge on any atom is -0.439 e. The zero-order valence-electron chi connectivity index (χ0n) is 18.5. The van der Waals surface area contributed by atoms with E-state index in [1.807, 2.05) is 42.0 Å². The van der Waals surface area contributed by atoms with Gasteiger partial charge in [-0.05, 0) is 54.3 Å². The molecule has 162 valence electrons. The van der Waals surface area contributed by atoms with Crippen molar-refractivity contribution in [3.05, 3.63) is 90.3 Å². The van der Waals surface area contributed by atoms with E-state index in [1.165, 1.54) is 11.9 Å². The highest BCUT2D eigenvalue weighted by Gasteiger charge is 2.14. The van der Waals surface area contributed by atoms with E-state index in [0.29, 0.717) is 28.7 Å². The number of hydrogen-bond donors (Lipinski definition) is 1. The van der Waals surface area contributed by atoms with Gasteiger partial charge in [0.15, 0.2) is 0 Å². The quantitative estimate of drug-likeness (QED) is 0.467. The Labute approximate surface area is 187 Å². The van der Waals surface area contributed by atoms with Crippen molar-refractivity contribution in [3.63, 3.8) is 0 Å². The third-order valence-electron chi connectivity index (χ3n) is 5.05. The molecule has 0 saturated carbocycles. The predicted molar refractivity (Wildman–Crippen MR) is 124 cm³/mol. The molecule has 0 fully saturated rings. The van der Waals surface area contributed by atoms with Crippen LogP contribution in [0, 0.1) is 6.92 Å². The summed E-state index contributed by atoms with van der Waals surface area (Å²) < 4.78 is 7.70. The molecule has 7 heteroatoms. The molecule has 4 rings (SSSR count). The summed E-state index contributed by atoms with van der Waals surface area (Å²) >= 11 is 0. The summed E-state index contributed by atoms with van der Waals surface area (Å²) in [7, 11) is 0. The third kappa shape index (κ3) is 4.83. The largest absolute Gasteiger partial charge is 0.439 e. The Balaban J connectivity index is 1.41. The summed E-state index contributed by atoms with van der Waals surface area (Å²) in [6, 6.07) is 16.6. The van der Waals surface area contributed by atoms with E-state index in [0.717, 1.165) is 5.82 Å². The van der Waals surface area contributed by atoms with Gasteiger partial charge in [0.1, 0.15) is 23.7 Å². The SMILES string of the molecule is Cc1nccn1-c1cc(Oc2ccc(NC(=O)c3ccc(C(C)(C)C)cc3)cc2)ncn1. The number of anilines is 1. The summed E-state index contributed by atoms with van der Waals surface area (Å²) in [5.41, 5.74) is 2.53. The van der Waals surface area contributed by atoms with E-state index in [1.54, 1.807) is 36.5 Å². The summed E-state index contributed by atoms with van der Waals surface area (Å²) in [6.07, 6.45) is 4.99. The van der Waals surface area contributed by atoms with Gasteiger partial charge in [-0.15, -0.1) is 0 Å². The number of carbonyl (C=O) groups excluding carboxylic acids is 1. The molecule has 2 heterocycles. The molecule has 0 spiro atoms. The van der Waals surface area contributed by atoms with E-state index in [-0.39, 0.29) is 11.3 Å². The maximum atomic E-state index is 12.6.